The molecule has 7 heteroatoms. The van der Waals surface area contributed by atoms with Crippen molar-refractivity contribution in [3.05, 3.63) is 59.6 Å². The summed E-state index contributed by atoms with van der Waals surface area (Å²) in [6.07, 6.45) is 14.7. The average molecular weight is 355 g/mol. The molecule has 130 valence electrons. The number of hydrogen-bond acceptors (Lipinski definition) is 6. The van der Waals surface area contributed by atoms with Crippen molar-refractivity contribution in [2.45, 2.75) is 38.6 Å². The second-order valence-electron chi connectivity index (χ2n) is 7.24. The number of allylic oxidation sites excluding steroid dienone is 4. The summed E-state index contributed by atoms with van der Waals surface area (Å²) < 4.78 is 7.87. The van der Waals surface area contributed by atoms with Gasteiger partial charge in [0.05, 0.1) is 17.7 Å². The van der Waals surface area contributed by atoms with Gasteiger partial charge >= 0.3 is 0 Å². The van der Waals surface area contributed by atoms with Gasteiger partial charge in [0.25, 0.3) is 0 Å². The van der Waals surface area contributed by atoms with E-state index in [0.29, 0.717) is 18.2 Å². The van der Waals surface area contributed by atoms with E-state index in [1.165, 1.54) is 0 Å². The minimum absolute atomic E-state index is 0.00111. The molecule has 0 radical (unpaired) electrons. The lowest BCUT2D eigenvalue weighted by molar-refractivity contribution is 0.238. The van der Waals surface area contributed by atoms with E-state index in [9.17, 15) is 0 Å². The number of fused-ring (bicyclic) bond motifs is 1. The highest BCUT2D eigenvalue weighted by atomic mass is 32.1. The first-order chi connectivity index (χ1) is 11.9. The van der Waals surface area contributed by atoms with Gasteiger partial charge in [-0.05, 0) is 25.2 Å². The Bertz CT molecular complexity index is 919. The molecule has 3 aromatic rings. The topological polar surface area (TPSA) is 82.2 Å². The Kier molecular flexibility index (Phi) is 3.85. The van der Waals surface area contributed by atoms with Crippen molar-refractivity contribution in [2.24, 2.45) is 11.1 Å². The number of aromatic nitrogens is 4. The molecule has 0 unspecified atom stereocenters. The van der Waals surface area contributed by atoms with E-state index in [-0.39, 0.29) is 5.41 Å². The first-order valence-electron chi connectivity index (χ1n) is 8.31. The van der Waals surface area contributed by atoms with Crippen molar-refractivity contribution in [1.29, 1.82) is 0 Å². The average Bonchev–Trinajstić information content (AvgIpc) is 3.23. The van der Waals surface area contributed by atoms with Gasteiger partial charge in [-0.3, -0.25) is 4.40 Å². The van der Waals surface area contributed by atoms with E-state index in [1.807, 2.05) is 29.1 Å². The Morgan fingerprint density at radius 3 is 3.04 bits per heavy atom. The van der Waals surface area contributed by atoms with Gasteiger partial charge in [-0.1, -0.05) is 31.2 Å². The van der Waals surface area contributed by atoms with Crippen LogP contribution in [-0.2, 0) is 12.0 Å². The van der Waals surface area contributed by atoms with Crippen LogP contribution >= 0.6 is 11.3 Å². The summed E-state index contributed by atoms with van der Waals surface area (Å²) in [5.41, 5.74) is 6.77. The maximum atomic E-state index is 6.53. The molecule has 0 amide bonds. The van der Waals surface area contributed by atoms with Crippen LogP contribution in [0.1, 0.15) is 44.2 Å². The minimum atomic E-state index is -0.677. The molecule has 4 rings (SSSR count). The predicted octanol–water partition coefficient (Wildman–Crippen LogP) is 3.46. The minimum Gasteiger partial charge on any atom is -0.423 e. The summed E-state index contributed by atoms with van der Waals surface area (Å²) >= 11 is 1.60. The first-order valence-corrected chi connectivity index (χ1v) is 9.19. The van der Waals surface area contributed by atoms with Crippen molar-refractivity contribution < 1.29 is 4.42 Å². The molecule has 3 heterocycles. The molecule has 0 saturated carbocycles. The Labute approximate surface area is 150 Å². The van der Waals surface area contributed by atoms with E-state index in [2.05, 4.69) is 46.4 Å². The van der Waals surface area contributed by atoms with E-state index in [4.69, 9.17) is 10.2 Å². The molecule has 0 fully saturated rings. The number of nitrogens with zero attached hydrogens (tertiary/aromatic N) is 4. The van der Waals surface area contributed by atoms with E-state index in [1.54, 1.807) is 11.3 Å². The van der Waals surface area contributed by atoms with Crippen LogP contribution in [0.3, 0.4) is 0 Å². The predicted molar refractivity (Wildman–Crippen MR) is 97.3 cm³/mol. The summed E-state index contributed by atoms with van der Waals surface area (Å²) in [6, 6.07) is 0. The van der Waals surface area contributed by atoms with Gasteiger partial charge in [0, 0.05) is 17.8 Å². The summed E-state index contributed by atoms with van der Waals surface area (Å²) in [5.74, 6) is 1.02. The molecule has 3 aromatic heterocycles. The molecule has 25 heavy (non-hydrogen) atoms. The van der Waals surface area contributed by atoms with Crippen LogP contribution in [0.25, 0.3) is 4.96 Å². The van der Waals surface area contributed by atoms with Gasteiger partial charge in [0.1, 0.15) is 0 Å². The zero-order valence-corrected chi connectivity index (χ0v) is 15.2. The van der Waals surface area contributed by atoms with Crippen molar-refractivity contribution in [3.63, 3.8) is 0 Å². The van der Waals surface area contributed by atoms with Crippen LogP contribution in [0.15, 0.2) is 46.5 Å². The van der Waals surface area contributed by atoms with Gasteiger partial charge in [-0.25, -0.2) is 4.98 Å². The summed E-state index contributed by atoms with van der Waals surface area (Å²) in [5, 5.41) is 10.4. The molecule has 2 atom stereocenters. The Morgan fingerprint density at radius 1 is 1.40 bits per heavy atom. The third-order valence-corrected chi connectivity index (χ3v) is 5.30. The maximum Gasteiger partial charge on any atom is 0.236 e. The fourth-order valence-corrected chi connectivity index (χ4v) is 4.11. The molecular formula is C18H21N5OS. The molecule has 2 N–H and O–H groups in total. The molecule has 0 bridgehead atoms. The maximum absolute atomic E-state index is 6.53. The summed E-state index contributed by atoms with van der Waals surface area (Å²) in [6.45, 7) is 4.15. The van der Waals surface area contributed by atoms with Gasteiger partial charge < -0.3 is 10.2 Å². The van der Waals surface area contributed by atoms with Crippen LogP contribution in [0.2, 0.25) is 0 Å². The highest BCUT2D eigenvalue weighted by Gasteiger charge is 2.36. The van der Waals surface area contributed by atoms with Crippen molar-refractivity contribution in [3.8, 4) is 0 Å². The smallest absolute Gasteiger partial charge is 0.236 e. The van der Waals surface area contributed by atoms with Crippen LogP contribution in [0, 0.1) is 5.41 Å². The Hall–Kier alpha value is -2.25. The summed E-state index contributed by atoms with van der Waals surface area (Å²) in [4.78, 5) is 5.51. The molecule has 0 aromatic carbocycles. The largest absolute Gasteiger partial charge is 0.423 e. The zero-order valence-electron chi connectivity index (χ0n) is 14.3. The summed E-state index contributed by atoms with van der Waals surface area (Å²) in [7, 11) is 0. The second-order valence-corrected chi connectivity index (χ2v) is 8.12. The lowest BCUT2D eigenvalue weighted by Gasteiger charge is -2.33. The normalized spacial score (nSPS) is 22.5. The first kappa shape index (κ1) is 16.2. The highest BCUT2D eigenvalue weighted by Crippen LogP contribution is 2.38. The molecule has 0 spiro atoms. The molecule has 6 nitrogen and oxygen atoms in total. The lowest BCUT2D eigenvalue weighted by atomic mass is 9.74. The zero-order chi connectivity index (χ0) is 17.5. The third kappa shape index (κ3) is 3.29. The van der Waals surface area contributed by atoms with E-state index in [0.717, 1.165) is 23.5 Å². The third-order valence-electron chi connectivity index (χ3n) is 4.53. The van der Waals surface area contributed by atoms with Gasteiger partial charge in [-0.2, -0.15) is 0 Å². The van der Waals surface area contributed by atoms with E-state index >= 15 is 0 Å². The number of imidazole rings is 1. The number of nitrogens with two attached hydrogens (primary N) is 1. The van der Waals surface area contributed by atoms with Crippen LogP contribution in [0.5, 0.6) is 0 Å². The lowest BCUT2D eigenvalue weighted by Crippen LogP contribution is -2.39. The number of hydrogen-bond donors (Lipinski definition) is 1. The van der Waals surface area contributed by atoms with Gasteiger partial charge in [0.15, 0.2) is 4.96 Å². The van der Waals surface area contributed by atoms with Crippen molar-refractivity contribution in [2.75, 3.05) is 0 Å². The van der Waals surface area contributed by atoms with Gasteiger partial charge in [0.2, 0.25) is 11.8 Å². The second kappa shape index (κ2) is 5.93. The molecule has 1 aliphatic rings. The molecule has 0 saturated heterocycles. The number of rotatable bonds is 5. The molecular weight excluding hydrogens is 334 g/mol. The number of thiazole rings is 1. The van der Waals surface area contributed by atoms with Gasteiger partial charge in [-0.15, -0.1) is 21.5 Å². The molecule has 0 aliphatic heterocycles. The van der Waals surface area contributed by atoms with Crippen molar-refractivity contribution >= 4 is 16.3 Å². The SMILES string of the molecule is C[C@@]1(C[C@@](C)(N)c2nnc(Cc3cn4ccsc4n3)o2)C=CC=CC1. The Morgan fingerprint density at radius 2 is 2.28 bits per heavy atom. The fourth-order valence-electron chi connectivity index (χ4n) is 3.39. The van der Waals surface area contributed by atoms with Crippen LogP contribution in [-0.4, -0.2) is 19.6 Å². The standard InChI is InChI=1S/C18H21N5OS/c1-17(6-4-3-5-7-17)12-18(2,19)15-22-21-14(24-15)10-13-11-23-8-9-25-16(23)20-13/h3-6,8-9,11H,7,10,12,19H2,1-2H3/t17-,18-/m1/s1. The highest BCUT2D eigenvalue weighted by molar-refractivity contribution is 7.15. The molecule has 1 aliphatic carbocycles. The quantitative estimate of drug-likeness (QED) is 0.758. The van der Waals surface area contributed by atoms with E-state index < -0.39 is 5.54 Å². The fraction of sp³-hybridized carbons (Fsp3) is 0.389. The van der Waals surface area contributed by atoms with Crippen LogP contribution in [0.4, 0.5) is 0 Å². The van der Waals surface area contributed by atoms with Crippen molar-refractivity contribution in [1.82, 2.24) is 19.6 Å². The van der Waals surface area contributed by atoms with Crippen LogP contribution < -0.4 is 5.73 Å². The monoisotopic (exact) mass is 355 g/mol. The Balaban J connectivity index is 1.50.